The van der Waals surface area contributed by atoms with E-state index in [2.05, 4.69) is 27.2 Å². The lowest BCUT2D eigenvalue weighted by Crippen LogP contribution is -2.54. The number of benzene rings is 2. The second-order valence-corrected chi connectivity index (χ2v) is 7.29. The van der Waals surface area contributed by atoms with Crippen LogP contribution in [0, 0.1) is 19.3 Å². The Kier molecular flexibility index (Phi) is 6.06. The highest BCUT2D eigenvalue weighted by Crippen LogP contribution is 2.30. The molecule has 0 atom stereocenters. The predicted molar refractivity (Wildman–Crippen MR) is 114 cm³/mol. The molecule has 0 bridgehead atoms. The van der Waals surface area contributed by atoms with Crippen molar-refractivity contribution in [1.82, 2.24) is 5.32 Å². The number of hydrogen-bond acceptors (Lipinski definition) is 4. The van der Waals surface area contributed by atoms with E-state index in [9.17, 15) is 14.4 Å². The zero-order chi connectivity index (χ0) is 21.1. The predicted octanol–water partition coefficient (Wildman–Crippen LogP) is 4.09. The minimum Gasteiger partial charge on any atom is -0.480 e. The number of carbonyl (C=O) groups excluding carboxylic acids is 3. The molecule has 0 radical (unpaired) electrons. The van der Waals surface area contributed by atoms with E-state index in [0.29, 0.717) is 32.1 Å². The highest BCUT2D eigenvalue weighted by molar-refractivity contribution is 9.10. The Hall–Kier alpha value is -3.08. The molecular formula is C21H14BrClN2O4. The van der Waals surface area contributed by atoms with E-state index in [1.807, 2.05) is 0 Å². The van der Waals surface area contributed by atoms with Crippen molar-refractivity contribution in [3.05, 3.63) is 62.6 Å². The standard InChI is InChI=1S/C21H14BrClN2O4/c1-3-9-29-18-8-7-13(11-15(18)22)10-14-19(26)24-21(28)25(20(14)27)17-6-4-5-16(23)12(17)2/h1,4-8,10-11H,9H2,2H3,(H,24,26,28)/b14-10+. The molecule has 8 heteroatoms. The fourth-order valence-electron chi connectivity index (χ4n) is 2.72. The largest absolute Gasteiger partial charge is 0.480 e. The van der Waals surface area contributed by atoms with Gasteiger partial charge in [-0.05, 0) is 64.3 Å². The molecule has 0 spiro atoms. The van der Waals surface area contributed by atoms with Crippen LogP contribution >= 0.6 is 27.5 Å². The van der Waals surface area contributed by atoms with Crippen LogP contribution in [0.5, 0.6) is 5.75 Å². The minimum atomic E-state index is -0.832. The Bertz CT molecular complexity index is 1100. The molecule has 1 saturated heterocycles. The molecule has 1 heterocycles. The topological polar surface area (TPSA) is 75.7 Å². The maximum absolute atomic E-state index is 13.0. The van der Waals surface area contributed by atoms with Crippen molar-refractivity contribution in [2.24, 2.45) is 0 Å². The number of hydrogen-bond donors (Lipinski definition) is 1. The van der Waals surface area contributed by atoms with Gasteiger partial charge < -0.3 is 4.74 Å². The summed E-state index contributed by atoms with van der Waals surface area (Å²) in [6, 6.07) is 9.01. The number of amides is 4. The van der Waals surface area contributed by atoms with Crippen molar-refractivity contribution in [3.8, 4) is 18.1 Å². The molecule has 6 nitrogen and oxygen atoms in total. The fourth-order valence-corrected chi connectivity index (χ4v) is 3.41. The van der Waals surface area contributed by atoms with Gasteiger partial charge in [-0.1, -0.05) is 29.7 Å². The summed E-state index contributed by atoms with van der Waals surface area (Å²) < 4.78 is 5.97. The summed E-state index contributed by atoms with van der Waals surface area (Å²) in [7, 11) is 0. The van der Waals surface area contributed by atoms with Crippen LogP contribution in [-0.4, -0.2) is 24.5 Å². The summed E-state index contributed by atoms with van der Waals surface area (Å²) in [6.45, 7) is 1.79. The van der Waals surface area contributed by atoms with Gasteiger partial charge >= 0.3 is 6.03 Å². The van der Waals surface area contributed by atoms with Crippen LogP contribution in [0.15, 0.2) is 46.4 Å². The van der Waals surface area contributed by atoms with E-state index >= 15 is 0 Å². The molecule has 3 rings (SSSR count). The lowest BCUT2D eigenvalue weighted by Gasteiger charge is -2.27. The molecule has 1 aliphatic rings. The Balaban J connectivity index is 1.99. The van der Waals surface area contributed by atoms with Gasteiger partial charge in [-0.25, -0.2) is 9.69 Å². The van der Waals surface area contributed by atoms with Gasteiger partial charge in [-0.15, -0.1) is 6.42 Å². The zero-order valence-electron chi connectivity index (χ0n) is 15.2. The highest BCUT2D eigenvalue weighted by Gasteiger charge is 2.37. The quantitative estimate of drug-likeness (QED) is 0.412. The molecule has 0 aliphatic carbocycles. The second kappa shape index (κ2) is 8.52. The highest BCUT2D eigenvalue weighted by atomic mass is 79.9. The smallest absolute Gasteiger partial charge is 0.335 e. The fraction of sp³-hybridized carbons (Fsp3) is 0.0952. The van der Waals surface area contributed by atoms with Crippen molar-refractivity contribution >= 4 is 57.1 Å². The number of imide groups is 2. The number of carbonyl (C=O) groups is 3. The van der Waals surface area contributed by atoms with Gasteiger partial charge in [-0.2, -0.15) is 0 Å². The maximum Gasteiger partial charge on any atom is 0.335 e. The first-order valence-corrected chi connectivity index (χ1v) is 9.53. The minimum absolute atomic E-state index is 0.107. The number of rotatable bonds is 4. The van der Waals surface area contributed by atoms with Gasteiger partial charge in [-0.3, -0.25) is 14.9 Å². The summed E-state index contributed by atoms with van der Waals surface area (Å²) in [5.41, 5.74) is 1.22. The number of nitrogens with zero attached hydrogens (tertiary/aromatic N) is 1. The SMILES string of the molecule is C#CCOc1ccc(/C=C2\C(=O)NC(=O)N(c3cccc(Cl)c3C)C2=O)cc1Br. The number of nitrogens with one attached hydrogen (secondary N) is 1. The van der Waals surface area contributed by atoms with Crippen molar-refractivity contribution in [2.45, 2.75) is 6.92 Å². The van der Waals surface area contributed by atoms with Gasteiger partial charge in [0, 0.05) is 5.02 Å². The van der Waals surface area contributed by atoms with Crippen LogP contribution in [0.2, 0.25) is 5.02 Å². The normalized spacial score (nSPS) is 15.3. The summed E-state index contributed by atoms with van der Waals surface area (Å²) in [4.78, 5) is 38.5. The third kappa shape index (κ3) is 4.19. The van der Waals surface area contributed by atoms with E-state index in [0.717, 1.165) is 4.90 Å². The number of halogens is 2. The van der Waals surface area contributed by atoms with E-state index in [4.69, 9.17) is 22.8 Å². The molecule has 0 saturated carbocycles. The molecule has 2 aromatic rings. The summed E-state index contributed by atoms with van der Waals surface area (Å²) in [5, 5.41) is 2.59. The molecule has 2 aromatic carbocycles. The van der Waals surface area contributed by atoms with E-state index in [1.165, 1.54) is 6.08 Å². The van der Waals surface area contributed by atoms with Gasteiger partial charge in [0.25, 0.3) is 11.8 Å². The maximum atomic E-state index is 13.0. The third-order valence-electron chi connectivity index (χ3n) is 4.16. The van der Waals surface area contributed by atoms with Crippen molar-refractivity contribution in [3.63, 3.8) is 0 Å². The molecule has 29 heavy (non-hydrogen) atoms. The lowest BCUT2D eigenvalue weighted by atomic mass is 10.1. The first-order valence-electron chi connectivity index (χ1n) is 8.36. The van der Waals surface area contributed by atoms with E-state index in [-0.39, 0.29) is 12.2 Å². The first-order chi connectivity index (χ1) is 13.8. The Labute approximate surface area is 180 Å². The van der Waals surface area contributed by atoms with Crippen molar-refractivity contribution < 1.29 is 19.1 Å². The summed E-state index contributed by atoms with van der Waals surface area (Å²) in [5.74, 6) is 1.37. The van der Waals surface area contributed by atoms with Gasteiger partial charge in [0.1, 0.15) is 17.9 Å². The second-order valence-electron chi connectivity index (χ2n) is 6.02. The molecule has 4 amide bonds. The van der Waals surface area contributed by atoms with Crippen molar-refractivity contribution in [2.75, 3.05) is 11.5 Å². The van der Waals surface area contributed by atoms with Crippen LogP contribution in [0.1, 0.15) is 11.1 Å². The van der Waals surface area contributed by atoms with Crippen LogP contribution in [0.4, 0.5) is 10.5 Å². The number of barbiturate groups is 1. The van der Waals surface area contributed by atoms with Gasteiger partial charge in [0.2, 0.25) is 0 Å². The molecular weight excluding hydrogens is 460 g/mol. The number of anilines is 1. The summed E-state index contributed by atoms with van der Waals surface area (Å²) in [6.07, 6.45) is 6.58. The molecule has 0 unspecified atom stereocenters. The lowest BCUT2D eigenvalue weighted by molar-refractivity contribution is -0.122. The van der Waals surface area contributed by atoms with E-state index in [1.54, 1.807) is 43.3 Å². The zero-order valence-corrected chi connectivity index (χ0v) is 17.5. The molecule has 1 fully saturated rings. The van der Waals surface area contributed by atoms with Crippen LogP contribution in [-0.2, 0) is 9.59 Å². The van der Waals surface area contributed by atoms with E-state index < -0.39 is 17.8 Å². The third-order valence-corrected chi connectivity index (χ3v) is 5.19. The van der Waals surface area contributed by atoms with Crippen LogP contribution in [0.25, 0.3) is 6.08 Å². The average molecular weight is 474 g/mol. The number of ether oxygens (including phenoxy) is 1. The Morgan fingerprint density at radius 3 is 2.72 bits per heavy atom. The Morgan fingerprint density at radius 1 is 1.28 bits per heavy atom. The van der Waals surface area contributed by atoms with Crippen LogP contribution in [0.3, 0.4) is 0 Å². The molecule has 0 aromatic heterocycles. The first kappa shape index (κ1) is 20.6. The van der Waals surface area contributed by atoms with Gasteiger partial charge in [0.15, 0.2) is 0 Å². The average Bonchev–Trinajstić information content (AvgIpc) is 2.67. The number of terminal acetylenes is 1. The summed E-state index contributed by atoms with van der Waals surface area (Å²) >= 11 is 9.47. The molecule has 146 valence electrons. The number of urea groups is 1. The monoisotopic (exact) mass is 472 g/mol. The van der Waals surface area contributed by atoms with Crippen molar-refractivity contribution in [1.29, 1.82) is 0 Å². The van der Waals surface area contributed by atoms with Crippen LogP contribution < -0.4 is 15.0 Å². The Morgan fingerprint density at radius 2 is 2.03 bits per heavy atom. The molecule has 1 aliphatic heterocycles. The molecule has 1 N–H and O–H groups in total. The van der Waals surface area contributed by atoms with Gasteiger partial charge in [0.05, 0.1) is 10.2 Å².